The molecule has 8 nitrogen and oxygen atoms in total. The van der Waals surface area contributed by atoms with E-state index < -0.39 is 34.4 Å². The SMILES string of the molecule is C[C@@H](NC(=O)c1ccccc1NC(=O)CN(c1ccccc1F)S(=O)(=O)N(C)C)c1ccccc1. The average molecular weight is 499 g/mol. The summed E-state index contributed by atoms with van der Waals surface area (Å²) in [5.74, 6) is -1.94. The average Bonchev–Trinajstić information content (AvgIpc) is 2.83. The lowest BCUT2D eigenvalue weighted by molar-refractivity contribution is -0.114. The van der Waals surface area contributed by atoms with Crippen molar-refractivity contribution in [1.82, 2.24) is 9.62 Å². The van der Waals surface area contributed by atoms with E-state index in [0.717, 1.165) is 15.9 Å². The molecule has 10 heteroatoms. The highest BCUT2D eigenvalue weighted by Gasteiger charge is 2.29. The van der Waals surface area contributed by atoms with Crippen molar-refractivity contribution in [1.29, 1.82) is 0 Å². The van der Waals surface area contributed by atoms with Crippen LogP contribution in [0.25, 0.3) is 0 Å². The molecular formula is C25H27FN4O4S. The van der Waals surface area contributed by atoms with Gasteiger partial charge in [-0.25, -0.2) is 8.70 Å². The van der Waals surface area contributed by atoms with Crippen LogP contribution >= 0.6 is 0 Å². The molecule has 0 saturated heterocycles. The first-order valence-electron chi connectivity index (χ1n) is 10.8. The van der Waals surface area contributed by atoms with E-state index >= 15 is 0 Å². The van der Waals surface area contributed by atoms with Crippen LogP contribution in [0.1, 0.15) is 28.9 Å². The van der Waals surface area contributed by atoms with Gasteiger partial charge in [-0.15, -0.1) is 0 Å². The molecule has 2 amide bonds. The summed E-state index contributed by atoms with van der Waals surface area (Å²) in [4.78, 5) is 25.8. The van der Waals surface area contributed by atoms with E-state index in [4.69, 9.17) is 0 Å². The molecule has 0 aliphatic carbocycles. The Morgan fingerprint density at radius 3 is 2.17 bits per heavy atom. The number of nitrogens with zero attached hydrogens (tertiary/aromatic N) is 2. The second-order valence-corrected chi connectivity index (χ2v) is 10.0. The highest BCUT2D eigenvalue weighted by Crippen LogP contribution is 2.24. The van der Waals surface area contributed by atoms with E-state index in [1.807, 2.05) is 37.3 Å². The molecule has 0 radical (unpaired) electrons. The first kappa shape index (κ1) is 25.9. The second-order valence-electron chi connectivity index (χ2n) is 7.95. The van der Waals surface area contributed by atoms with Gasteiger partial charge in [-0.3, -0.25) is 9.59 Å². The third-order valence-corrected chi connectivity index (χ3v) is 7.05. The van der Waals surface area contributed by atoms with Crippen molar-refractivity contribution in [2.75, 3.05) is 30.3 Å². The van der Waals surface area contributed by atoms with Gasteiger partial charge in [0.1, 0.15) is 12.4 Å². The van der Waals surface area contributed by atoms with Crippen LogP contribution in [-0.2, 0) is 15.0 Å². The predicted octanol–water partition coefficient (Wildman–Crippen LogP) is 3.57. The van der Waals surface area contributed by atoms with E-state index in [1.165, 1.54) is 38.4 Å². The summed E-state index contributed by atoms with van der Waals surface area (Å²) in [7, 11) is -1.62. The van der Waals surface area contributed by atoms with Crippen LogP contribution in [-0.4, -0.2) is 45.2 Å². The van der Waals surface area contributed by atoms with Crippen LogP contribution in [0.15, 0.2) is 78.9 Å². The van der Waals surface area contributed by atoms with Crippen molar-refractivity contribution < 1.29 is 22.4 Å². The highest BCUT2D eigenvalue weighted by atomic mass is 32.2. The fourth-order valence-electron chi connectivity index (χ4n) is 3.35. The smallest absolute Gasteiger partial charge is 0.304 e. The number of para-hydroxylation sites is 2. The van der Waals surface area contributed by atoms with Gasteiger partial charge in [0.05, 0.1) is 23.0 Å². The van der Waals surface area contributed by atoms with E-state index in [9.17, 15) is 22.4 Å². The number of halogens is 1. The van der Waals surface area contributed by atoms with Gasteiger partial charge in [-0.2, -0.15) is 12.7 Å². The highest BCUT2D eigenvalue weighted by molar-refractivity contribution is 7.90. The lowest BCUT2D eigenvalue weighted by atomic mass is 10.1. The van der Waals surface area contributed by atoms with Crippen molar-refractivity contribution in [3.63, 3.8) is 0 Å². The molecule has 0 bridgehead atoms. The molecule has 184 valence electrons. The molecule has 0 heterocycles. The Morgan fingerprint density at radius 2 is 1.51 bits per heavy atom. The topological polar surface area (TPSA) is 98.8 Å². The fourth-order valence-corrected chi connectivity index (χ4v) is 4.42. The van der Waals surface area contributed by atoms with Gasteiger partial charge < -0.3 is 10.6 Å². The van der Waals surface area contributed by atoms with Crippen molar-refractivity contribution in [3.05, 3.63) is 95.8 Å². The van der Waals surface area contributed by atoms with Crippen molar-refractivity contribution in [2.45, 2.75) is 13.0 Å². The van der Waals surface area contributed by atoms with Gasteiger partial charge in [0, 0.05) is 14.1 Å². The van der Waals surface area contributed by atoms with Crippen LogP contribution in [0.2, 0.25) is 0 Å². The Hall–Kier alpha value is -3.76. The molecule has 2 N–H and O–H groups in total. The lowest BCUT2D eigenvalue weighted by Crippen LogP contribution is -2.44. The third-order valence-electron chi connectivity index (χ3n) is 5.24. The third kappa shape index (κ3) is 6.23. The number of hydrogen-bond acceptors (Lipinski definition) is 4. The maximum Gasteiger partial charge on any atom is 0.304 e. The Balaban J connectivity index is 1.82. The molecule has 0 aliphatic rings. The molecule has 0 aromatic heterocycles. The van der Waals surface area contributed by atoms with Crippen LogP contribution in [0, 0.1) is 5.82 Å². The number of hydrogen-bond donors (Lipinski definition) is 2. The molecule has 3 rings (SSSR count). The van der Waals surface area contributed by atoms with E-state index in [-0.39, 0.29) is 23.0 Å². The van der Waals surface area contributed by atoms with Gasteiger partial charge >= 0.3 is 10.2 Å². The number of nitrogens with one attached hydrogen (secondary N) is 2. The predicted molar refractivity (Wildman–Crippen MR) is 134 cm³/mol. The molecule has 0 fully saturated rings. The second kappa shape index (κ2) is 11.1. The summed E-state index contributed by atoms with van der Waals surface area (Å²) < 4.78 is 41.7. The summed E-state index contributed by atoms with van der Waals surface area (Å²) in [6.45, 7) is 1.14. The minimum absolute atomic E-state index is 0.200. The van der Waals surface area contributed by atoms with Gasteiger partial charge in [-0.05, 0) is 36.8 Å². The molecule has 35 heavy (non-hydrogen) atoms. The summed E-state index contributed by atoms with van der Waals surface area (Å²) in [6, 6.07) is 20.8. The number of anilines is 2. The van der Waals surface area contributed by atoms with Gasteiger partial charge in [-0.1, -0.05) is 54.6 Å². The van der Waals surface area contributed by atoms with E-state index in [0.29, 0.717) is 4.31 Å². The van der Waals surface area contributed by atoms with Crippen molar-refractivity contribution in [2.24, 2.45) is 0 Å². The molecule has 0 unspecified atom stereocenters. The van der Waals surface area contributed by atoms with E-state index in [1.54, 1.807) is 18.2 Å². The lowest BCUT2D eigenvalue weighted by Gasteiger charge is -2.27. The molecule has 1 atom stereocenters. The van der Waals surface area contributed by atoms with Crippen LogP contribution in [0.3, 0.4) is 0 Å². The molecule has 0 saturated carbocycles. The zero-order chi connectivity index (χ0) is 25.6. The molecule has 0 aliphatic heterocycles. The maximum atomic E-state index is 14.4. The zero-order valence-electron chi connectivity index (χ0n) is 19.6. The minimum atomic E-state index is -4.19. The molecular weight excluding hydrogens is 471 g/mol. The molecule has 0 spiro atoms. The standard InChI is InChI=1S/C25H27FN4O4S/c1-18(19-11-5-4-6-12-19)27-25(32)20-13-7-9-15-22(20)28-24(31)17-30(35(33,34)29(2)3)23-16-10-8-14-21(23)26/h4-16,18H,17H2,1-3H3,(H,27,32)(H,28,31)/t18-/m1/s1. The summed E-state index contributed by atoms with van der Waals surface area (Å²) in [5.41, 5.74) is 1.05. The summed E-state index contributed by atoms with van der Waals surface area (Å²) in [5, 5.41) is 5.47. The monoisotopic (exact) mass is 498 g/mol. The molecule has 3 aromatic carbocycles. The number of carbonyl (C=O) groups excluding carboxylic acids is 2. The minimum Gasteiger partial charge on any atom is -0.345 e. The number of rotatable bonds is 9. The Bertz CT molecular complexity index is 1300. The number of benzene rings is 3. The van der Waals surface area contributed by atoms with Gasteiger partial charge in [0.2, 0.25) is 5.91 Å². The summed E-state index contributed by atoms with van der Waals surface area (Å²) in [6.07, 6.45) is 0. The van der Waals surface area contributed by atoms with E-state index in [2.05, 4.69) is 10.6 Å². The van der Waals surface area contributed by atoms with Crippen molar-refractivity contribution in [3.8, 4) is 0 Å². The number of amides is 2. The summed E-state index contributed by atoms with van der Waals surface area (Å²) >= 11 is 0. The van der Waals surface area contributed by atoms with Crippen molar-refractivity contribution >= 4 is 33.4 Å². The largest absolute Gasteiger partial charge is 0.345 e. The Labute approximate surface area is 204 Å². The Kier molecular flexibility index (Phi) is 8.21. The fraction of sp³-hybridized carbons (Fsp3) is 0.200. The quantitative estimate of drug-likeness (QED) is 0.471. The normalized spacial score (nSPS) is 12.1. The zero-order valence-corrected chi connectivity index (χ0v) is 20.4. The Morgan fingerprint density at radius 1 is 0.914 bits per heavy atom. The maximum absolute atomic E-state index is 14.4. The van der Waals surface area contributed by atoms with Crippen LogP contribution in [0.5, 0.6) is 0 Å². The van der Waals surface area contributed by atoms with Crippen LogP contribution in [0.4, 0.5) is 15.8 Å². The first-order chi connectivity index (χ1) is 16.6. The van der Waals surface area contributed by atoms with Gasteiger partial charge in [0.15, 0.2) is 0 Å². The van der Waals surface area contributed by atoms with Crippen LogP contribution < -0.4 is 14.9 Å². The number of carbonyl (C=O) groups is 2. The van der Waals surface area contributed by atoms with Gasteiger partial charge in [0.25, 0.3) is 5.91 Å². The first-order valence-corrected chi connectivity index (χ1v) is 12.2. The molecule has 3 aromatic rings.